The molecule has 2 N–H and O–H groups in total. The van der Waals surface area contributed by atoms with Crippen molar-refractivity contribution in [3.8, 4) is 0 Å². The Balaban J connectivity index is 1.77. The second kappa shape index (κ2) is 8.82. The van der Waals surface area contributed by atoms with Gasteiger partial charge in [0.05, 0.1) is 23.1 Å². The molecule has 0 fully saturated rings. The van der Waals surface area contributed by atoms with Gasteiger partial charge in [-0.05, 0) is 31.0 Å². The number of nitrogens with zero attached hydrogens (tertiary/aromatic N) is 2. The summed E-state index contributed by atoms with van der Waals surface area (Å²) in [5.74, 6) is 0.123. The highest BCUT2D eigenvalue weighted by Crippen LogP contribution is 2.26. The van der Waals surface area contributed by atoms with Crippen molar-refractivity contribution in [3.05, 3.63) is 66.0 Å². The first kappa shape index (κ1) is 19.8. The largest absolute Gasteiger partial charge is 0.331 e. The summed E-state index contributed by atoms with van der Waals surface area (Å²) in [6.45, 7) is 0.951. The van der Waals surface area contributed by atoms with Gasteiger partial charge in [-0.15, -0.1) is 0 Å². The molecule has 0 aliphatic rings. The van der Waals surface area contributed by atoms with Crippen molar-refractivity contribution in [2.75, 3.05) is 0 Å². The van der Waals surface area contributed by atoms with E-state index >= 15 is 0 Å². The zero-order valence-corrected chi connectivity index (χ0v) is 15.9. The van der Waals surface area contributed by atoms with E-state index in [2.05, 4.69) is 15.6 Å². The Kier molecular flexibility index (Phi) is 6.23. The minimum atomic E-state index is -2.74. The third-order valence-electron chi connectivity index (χ3n) is 4.64. The van der Waals surface area contributed by atoms with E-state index < -0.39 is 18.6 Å². The third-order valence-corrected chi connectivity index (χ3v) is 4.64. The van der Waals surface area contributed by atoms with Crippen molar-refractivity contribution in [2.24, 2.45) is 0 Å². The molecule has 148 valence electrons. The number of aromatic nitrogens is 2. The van der Waals surface area contributed by atoms with Gasteiger partial charge in [-0.25, -0.2) is 9.78 Å². The van der Waals surface area contributed by atoms with E-state index in [1.54, 1.807) is 31.2 Å². The summed E-state index contributed by atoms with van der Waals surface area (Å²) in [6.07, 6.45) is 1.68. The summed E-state index contributed by atoms with van der Waals surface area (Å²) in [5, 5.41) is 5.69. The lowest BCUT2D eigenvalue weighted by Gasteiger charge is -2.21. The van der Waals surface area contributed by atoms with Gasteiger partial charge in [0, 0.05) is 0 Å². The maximum absolute atomic E-state index is 13.6. The number of benzene rings is 2. The van der Waals surface area contributed by atoms with E-state index in [0.29, 0.717) is 11.0 Å². The van der Waals surface area contributed by atoms with Gasteiger partial charge >= 0.3 is 12.6 Å². The van der Waals surface area contributed by atoms with Gasteiger partial charge in [-0.2, -0.15) is 8.78 Å². The van der Waals surface area contributed by atoms with Crippen molar-refractivity contribution >= 4 is 17.1 Å². The Morgan fingerprint density at radius 3 is 2.43 bits per heavy atom. The maximum atomic E-state index is 13.6. The molecule has 0 unspecified atom stereocenters. The Labute approximate surface area is 162 Å². The number of para-hydroxylation sites is 2. The molecule has 0 bridgehead atoms. The molecular formula is C21H24F2N4O. The number of alkyl halides is 2. The second-order valence-corrected chi connectivity index (χ2v) is 6.70. The highest BCUT2D eigenvalue weighted by molar-refractivity contribution is 5.77. The van der Waals surface area contributed by atoms with Crippen LogP contribution in [0.1, 0.15) is 56.7 Å². The minimum absolute atomic E-state index is 0.123. The number of rotatable bonds is 7. The molecule has 3 aromatic rings. The van der Waals surface area contributed by atoms with E-state index in [0.717, 1.165) is 23.0 Å². The summed E-state index contributed by atoms with van der Waals surface area (Å²) in [7, 11) is 0. The van der Waals surface area contributed by atoms with Gasteiger partial charge in [0.1, 0.15) is 5.82 Å². The highest BCUT2D eigenvalue weighted by Gasteiger charge is 2.23. The SMILES string of the molecule is CCC[C@@H](NC(=O)N[C@@H](C)c1nc2ccccc2n1C(F)F)c1ccccc1. The molecule has 1 heterocycles. The molecule has 2 aromatic carbocycles. The maximum Gasteiger partial charge on any atom is 0.320 e. The van der Waals surface area contributed by atoms with E-state index in [1.807, 2.05) is 37.3 Å². The Hall–Kier alpha value is -2.96. The van der Waals surface area contributed by atoms with Crippen molar-refractivity contribution in [3.63, 3.8) is 0 Å². The molecule has 3 rings (SSSR count). The van der Waals surface area contributed by atoms with Gasteiger partial charge in [0.2, 0.25) is 0 Å². The molecule has 1 aromatic heterocycles. The van der Waals surface area contributed by atoms with Crippen molar-refractivity contribution < 1.29 is 13.6 Å². The Morgan fingerprint density at radius 1 is 1.07 bits per heavy atom. The molecule has 5 nitrogen and oxygen atoms in total. The van der Waals surface area contributed by atoms with Crippen LogP contribution < -0.4 is 10.6 Å². The number of carbonyl (C=O) groups excluding carboxylic acids is 1. The Morgan fingerprint density at radius 2 is 1.75 bits per heavy atom. The molecule has 0 aliphatic heterocycles. The van der Waals surface area contributed by atoms with Crippen LogP contribution in [0.2, 0.25) is 0 Å². The summed E-state index contributed by atoms with van der Waals surface area (Å²) in [4.78, 5) is 16.8. The number of imidazole rings is 1. The Bertz CT molecular complexity index is 927. The molecule has 0 radical (unpaired) electrons. The van der Waals surface area contributed by atoms with Crippen LogP contribution in [0.3, 0.4) is 0 Å². The molecule has 0 saturated carbocycles. The van der Waals surface area contributed by atoms with Crippen LogP contribution in [-0.2, 0) is 0 Å². The molecule has 28 heavy (non-hydrogen) atoms. The smallest absolute Gasteiger partial charge is 0.320 e. The lowest BCUT2D eigenvalue weighted by molar-refractivity contribution is 0.0699. The zero-order valence-electron chi connectivity index (χ0n) is 15.9. The number of amides is 2. The number of urea groups is 1. The molecule has 0 aliphatic carbocycles. The zero-order chi connectivity index (χ0) is 20.1. The number of hydrogen-bond donors (Lipinski definition) is 2. The van der Waals surface area contributed by atoms with Crippen LogP contribution in [0, 0.1) is 0 Å². The van der Waals surface area contributed by atoms with E-state index in [4.69, 9.17) is 0 Å². The predicted octanol–water partition coefficient (Wildman–Crippen LogP) is 5.33. The summed E-state index contributed by atoms with van der Waals surface area (Å²) in [5.41, 5.74) is 1.82. The lowest BCUT2D eigenvalue weighted by atomic mass is 10.0. The van der Waals surface area contributed by atoms with Crippen molar-refractivity contribution in [1.82, 2.24) is 20.2 Å². The van der Waals surface area contributed by atoms with Crippen LogP contribution in [0.25, 0.3) is 11.0 Å². The minimum Gasteiger partial charge on any atom is -0.331 e. The average Bonchev–Trinajstić information content (AvgIpc) is 3.08. The quantitative estimate of drug-likeness (QED) is 0.576. The van der Waals surface area contributed by atoms with Gasteiger partial charge in [0.25, 0.3) is 0 Å². The monoisotopic (exact) mass is 386 g/mol. The van der Waals surface area contributed by atoms with Crippen LogP contribution in [0.15, 0.2) is 54.6 Å². The summed E-state index contributed by atoms with van der Waals surface area (Å²) >= 11 is 0. The molecule has 2 amide bonds. The third kappa shape index (κ3) is 4.30. The number of halogens is 2. The van der Waals surface area contributed by atoms with Crippen molar-refractivity contribution in [1.29, 1.82) is 0 Å². The molecule has 7 heteroatoms. The summed E-state index contributed by atoms with van der Waals surface area (Å²) in [6, 6.07) is 15.1. The van der Waals surface area contributed by atoms with Gasteiger partial charge in [0.15, 0.2) is 0 Å². The summed E-state index contributed by atoms with van der Waals surface area (Å²) < 4.78 is 28.1. The standard InChI is InChI=1S/C21H24F2N4O/c1-3-9-16(15-10-5-4-6-11-15)26-21(28)24-14(2)19-25-17-12-7-8-13-18(17)27(19)20(22)23/h4-8,10-14,16,20H,3,9H2,1-2H3,(H2,24,26,28)/t14-,16+/m0/s1. The fourth-order valence-electron chi connectivity index (χ4n) is 3.33. The fourth-order valence-corrected chi connectivity index (χ4v) is 3.33. The van der Waals surface area contributed by atoms with Crippen LogP contribution in [0.5, 0.6) is 0 Å². The van der Waals surface area contributed by atoms with E-state index in [9.17, 15) is 13.6 Å². The number of nitrogens with one attached hydrogen (secondary N) is 2. The number of fused-ring (bicyclic) bond motifs is 1. The fraction of sp³-hybridized carbons (Fsp3) is 0.333. The topological polar surface area (TPSA) is 59.0 Å². The van der Waals surface area contributed by atoms with E-state index in [-0.39, 0.29) is 11.9 Å². The van der Waals surface area contributed by atoms with Crippen LogP contribution >= 0.6 is 0 Å². The lowest BCUT2D eigenvalue weighted by Crippen LogP contribution is -2.40. The first-order valence-electron chi connectivity index (χ1n) is 9.38. The highest BCUT2D eigenvalue weighted by atomic mass is 19.3. The van der Waals surface area contributed by atoms with Crippen LogP contribution in [0.4, 0.5) is 13.6 Å². The predicted molar refractivity (Wildman–Crippen MR) is 105 cm³/mol. The second-order valence-electron chi connectivity index (χ2n) is 6.70. The average molecular weight is 386 g/mol. The molecule has 0 spiro atoms. The molecular weight excluding hydrogens is 362 g/mol. The number of carbonyl (C=O) groups is 1. The van der Waals surface area contributed by atoms with Gasteiger partial charge in [-0.3, -0.25) is 4.57 Å². The molecule has 0 saturated heterocycles. The van der Waals surface area contributed by atoms with Gasteiger partial charge < -0.3 is 10.6 Å². The first-order valence-corrected chi connectivity index (χ1v) is 9.38. The first-order chi connectivity index (χ1) is 13.5. The van der Waals surface area contributed by atoms with Gasteiger partial charge in [-0.1, -0.05) is 55.8 Å². The number of hydrogen-bond acceptors (Lipinski definition) is 2. The molecule has 2 atom stereocenters. The van der Waals surface area contributed by atoms with Crippen molar-refractivity contribution in [2.45, 2.75) is 45.3 Å². The van der Waals surface area contributed by atoms with E-state index in [1.165, 1.54) is 0 Å². The normalized spacial score (nSPS) is 13.5. The van der Waals surface area contributed by atoms with Crippen LogP contribution in [-0.4, -0.2) is 15.6 Å².